The molecule has 0 aliphatic heterocycles. The number of ether oxygens (including phenoxy) is 1. The summed E-state index contributed by atoms with van der Waals surface area (Å²) in [5.74, 6) is 2.50. The maximum atomic E-state index is 5.81. The van der Waals surface area contributed by atoms with Crippen LogP contribution in [0.15, 0.2) is 54.6 Å². The van der Waals surface area contributed by atoms with Crippen LogP contribution in [-0.4, -0.2) is 13.6 Å². The molecule has 0 heterocycles. The molecule has 1 aliphatic rings. The molecule has 20 heavy (non-hydrogen) atoms. The fraction of sp³-hybridized carbons (Fsp3) is 0.333. The van der Waals surface area contributed by atoms with Crippen molar-refractivity contribution < 1.29 is 4.74 Å². The van der Waals surface area contributed by atoms with Crippen LogP contribution in [0.3, 0.4) is 0 Å². The largest absolute Gasteiger partial charge is 0.489 e. The van der Waals surface area contributed by atoms with Crippen molar-refractivity contribution in [3.8, 4) is 5.75 Å². The smallest absolute Gasteiger partial charge is 0.119 e. The molecule has 0 amide bonds. The lowest BCUT2D eigenvalue weighted by atomic mass is 10.1. The first-order valence-corrected chi connectivity index (χ1v) is 7.28. The highest BCUT2D eigenvalue weighted by atomic mass is 16.5. The third kappa shape index (κ3) is 3.20. The Balaban J connectivity index is 1.54. The van der Waals surface area contributed by atoms with Crippen LogP contribution in [0.4, 0.5) is 0 Å². The number of hydrogen-bond acceptors (Lipinski definition) is 2. The van der Waals surface area contributed by atoms with Crippen molar-refractivity contribution in [1.29, 1.82) is 0 Å². The van der Waals surface area contributed by atoms with Gasteiger partial charge in [0.1, 0.15) is 12.4 Å². The molecule has 0 saturated heterocycles. The summed E-state index contributed by atoms with van der Waals surface area (Å²) >= 11 is 0. The molecule has 1 saturated carbocycles. The van der Waals surface area contributed by atoms with Crippen molar-refractivity contribution in [2.45, 2.75) is 18.9 Å². The second-order valence-electron chi connectivity index (χ2n) is 5.50. The monoisotopic (exact) mass is 267 g/mol. The molecule has 0 unspecified atom stereocenters. The van der Waals surface area contributed by atoms with Gasteiger partial charge in [-0.15, -0.1) is 0 Å². The molecule has 0 aromatic heterocycles. The van der Waals surface area contributed by atoms with Crippen molar-refractivity contribution in [2.24, 2.45) is 5.92 Å². The Labute approximate surface area is 120 Å². The van der Waals surface area contributed by atoms with Crippen LogP contribution >= 0.6 is 0 Å². The normalized spacial score (nSPS) is 20.6. The van der Waals surface area contributed by atoms with E-state index in [0.29, 0.717) is 6.61 Å². The van der Waals surface area contributed by atoms with E-state index in [0.717, 1.165) is 24.1 Å². The van der Waals surface area contributed by atoms with Crippen LogP contribution in [0.2, 0.25) is 0 Å². The Bertz CT molecular complexity index is 535. The topological polar surface area (TPSA) is 21.3 Å². The molecule has 2 aromatic rings. The van der Waals surface area contributed by atoms with Gasteiger partial charge in [0.15, 0.2) is 0 Å². The molecule has 1 N–H and O–H groups in total. The maximum Gasteiger partial charge on any atom is 0.119 e. The van der Waals surface area contributed by atoms with Gasteiger partial charge in [0, 0.05) is 0 Å². The Kier molecular flexibility index (Phi) is 4.03. The molecule has 2 aromatic carbocycles. The summed E-state index contributed by atoms with van der Waals surface area (Å²) in [4.78, 5) is 0. The summed E-state index contributed by atoms with van der Waals surface area (Å²) in [6, 6.07) is 18.9. The minimum atomic E-state index is 0.631. The van der Waals surface area contributed by atoms with E-state index in [1.165, 1.54) is 17.5 Å². The fourth-order valence-electron chi connectivity index (χ4n) is 2.70. The van der Waals surface area contributed by atoms with Crippen molar-refractivity contribution in [3.05, 3.63) is 65.7 Å². The van der Waals surface area contributed by atoms with Crippen molar-refractivity contribution in [3.63, 3.8) is 0 Å². The van der Waals surface area contributed by atoms with E-state index in [1.54, 1.807) is 0 Å². The second kappa shape index (κ2) is 6.10. The van der Waals surface area contributed by atoms with Crippen LogP contribution < -0.4 is 10.1 Å². The molecule has 0 spiro atoms. The lowest BCUT2D eigenvalue weighted by molar-refractivity contribution is 0.306. The molecule has 104 valence electrons. The first-order valence-electron chi connectivity index (χ1n) is 7.28. The number of hydrogen-bond donors (Lipinski definition) is 1. The van der Waals surface area contributed by atoms with Gasteiger partial charge in [0.2, 0.25) is 0 Å². The lowest BCUT2D eigenvalue weighted by Gasteiger charge is -2.07. The van der Waals surface area contributed by atoms with Crippen LogP contribution in [0.25, 0.3) is 0 Å². The Morgan fingerprint density at radius 3 is 2.50 bits per heavy atom. The van der Waals surface area contributed by atoms with E-state index in [1.807, 2.05) is 25.2 Å². The predicted octanol–water partition coefficient (Wildman–Crippen LogP) is 3.59. The summed E-state index contributed by atoms with van der Waals surface area (Å²) in [6.07, 6.45) is 1.31. The summed E-state index contributed by atoms with van der Waals surface area (Å²) in [5, 5.41) is 3.25. The average molecular weight is 267 g/mol. The summed E-state index contributed by atoms with van der Waals surface area (Å²) in [7, 11) is 2.02. The average Bonchev–Trinajstić information content (AvgIpc) is 3.27. The molecule has 0 bridgehead atoms. The summed E-state index contributed by atoms with van der Waals surface area (Å²) in [6.45, 7) is 1.75. The van der Waals surface area contributed by atoms with Gasteiger partial charge in [0.25, 0.3) is 0 Å². The van der Waals surface area contributed by atoms with Gasteiger partial charge in [-0.05, 0) is 55.1 Å². The summed E-state index contributed by atoms with van der Waals surface area (Å²) in [5.41, 5.74) is 2.64. The highest BCUT2D eigenvalue weighted by Crippen LogP contribution is 2.47. The lowest BCUT2D eigenvalue weighted by Crippen LogP contribution is -2.10. The van der Waals surface area contributed by atoms with E-state index in [2.05, 4.69) is 41.7 Å². The molecule has 3 rings (SSSR count). The van der Waals surface area contributed by atoms with Crippen LogP contribution in [-0.2, 0) is 6.61 Å². The Morgan fingerprint density at radius 1 is 1.05 bits per heavy atom. The van der Waals surface area contributed by atoms with Gasteiger partial charge < -0.3 is 10.1 Å². The van der Waals surface area contributed by atoms with Crippen molar-refractivity contribution in [2.75, 3.05) is 13.6 Å². The first kappa shape index (κ1) is 13.2. The second-order valence-corrected chi connectivity index (χ2v) is 5.50. The molecule has 1 aliphatic carbocycles. The zero-order valence-electron chi connectivity index (χ0n) is 11.9. The van der Waals surface area contributed by atoms with Gasteiger partial charge in [-0.3, -0.25) is 0 Å². The molecular formula is C18H21NO. The number of nitrogens with one attached hydrogen (secondary N) is 1. The molecule has 1 fully saturated rings. The van der Waals surface area contributed by atoms with Crippen molar-refractivity contribution >= 4 is 0 Å². The molecule has 2 atom stereocenters. The Hall–Kier alpha value is -1.80. The molecular weight excluding hydrogens is 246 g/mol. The van der Waals surface area contributed by atoms with Crippen LogP contribution in [0.1, 0.15) is 23.5 Å². The minimum absolute atomic E-state index is 0.631. The van der Waals surface area contributed by atoms with Crippen molar-refractivity contribution in [1.82, 2.24) is 5.32 Å². The quantitative estimate of drug-likeness (QED) is 0.863. The van der Waals surface area contributed by atoms with E-state index in [9.17, 15) is 0 Å². The molecule has 2 heteroatoms. The third-order valence-electron chi connectivity index (χ3n) is 3.95. The standard InChI is InChI=1S/C18H21NO/c1-19-12-16-11-18(16)15-7-9-17(10-8-15)20-13-14-5-3-2-4-6-14/h2-10,16,18-19H,11-13H2,1H3/t16-,18-/m1/s1. The summed E-state index contributed by atoms with van der Waals surface area (Å²) < 4.78 is 5.81. The van der Waals surface area contributed by atoms with Crippen LogP contribution in [0.5, 0.6) is 5.75 Å². The van der Waals surface area contributed by atoms with Gasteiger partial charge in [-0.25, -0.2) is 0 Å². The molecule has 0 radical (unpaired) electrons. The number of rotatable bonds is 6. The van der Waals surface area contributed by atoms with Gasteiger partial charge in [-0.2, -0.15) is 0 Å². The predicted molar refractivity (Wildman–Crippen MR) is 82.0 cm³/mol. The third-order valence-corrected chi connectivity index (χ3v) is 3.95. The van der Waals surface area contributed by atoms with E-state index >= 15 is 0 Å². The highest BCUT2D eigenvalue weighted by Gasteiger charge is 2.37. The number of benzene rings is 2. The zero-order chi connectivity index (χ0) is 13.8. The molecule has 2 nitrogen and oxygen atoms in total. The zero-order valence-corrected chi connectivity index (χ0v) is 11.9. The van der Waals surface area contributed by atoms with Gasteiger partial charge in [0.05, 0.1) is 0 Å². The highest BCUT2D eigenvalue weighted by molar-refractivity contribution is 5.33. The Morgan fingerprint density at radius 2 is 1.80 bits per heavy atom. The minimum Gasteiger partial charge on any atom is -0.489 e. The van der Waals surface area contributed by atoms with E-state index in [4.69, 9.17) is 4.74 Å². The van der Waals surface area contributed by atoms with Gasteiger partial charge in [-0.1, -0.05) is 42.5 Å². The first-order chi connectivity index (χ1) is 9.86. The van der Waals surface area contributed by atoms with E-state index < -0.39 is 0 Å². The van der Waals surface area contributed by atoms with Gasteiger partial charge >= 0.3 is 0 Å². The SMILES string of the molecule is CNC[C@H]1C[C@@H]1c1ccc(OCc2ccccc2)cc1. The fourth-order valence-corrected chi connectivity index (χ4v) is 2.70. The van der Waals surface area contributed by atoms with E-state index in [-0.39, 0.29) is 0 Å². The van der Waals surface area contributed by atoms with Crippen LogP contribution in [0, 0.1) is 5.92 Å². The maximum absolute atomic E-state index is 5.81.